The van der Waals surface area contributed by atoms with E-state index in [0.29, 0.717) is 0 Å². The number of nitrogens with one attached hydrogen (secondary N) is 1. The van der Waals surface area contributed by atoms with Gasteiger partial charge in [-0.15, -0.1) is 0 Å². The monoisotopic (exact) mass is 368 g/mol. The SMILES string of the molecule is [2H]C(CCC([2H])([2H])[2H])Nc1cc(C(=O)O)cc(S(N)(=O)=O)c1Oc1ccccc1. The van der Waals surface area contributed by atoms with Gasteiger partial charge in [0.25, 0.3) is 0 Å². The summed E-state index contributed by atoms with van der Waals surface area (Å²) in [4.78, 5) is 10.8. The fourth-order valence-electron chi connectivity index (χ4n) is 2.01. The first-order valence-corrected chi connectivity index (χ1v) is 8.77. The number of ether oxygens (including phenoxy) is 1. The predicted molar refractivity (Wildman–Crippen MR) is 94.7 cm³/mol. The standard InChI is InChI=1S/C17H20N2O5S/c1-2-3-9-19-14-10-12(17(20)21)11-15(25(18,22)23)16(14)24-13-7-5-4-6-8-13/h4-8,10-11,19H,2-3,9H2,1H3,(H,20,21)(H2,18,22,23)/i1D3,9D. The number of hydrogen-bond donors (Lipinski definition) is 3. The topological polar surface area (TPSA) is 119 Å². The summed E-state index contributed by atoms with van der Waals surface area (Å²) in [5.41, 5.74) is -0.497. The smallest absolute Gasteiger partial charge is 0.335 e. The maximum absolute atomic E-state index is 12.1. The number of anilines is 1. The molecule has 4 N–H and O–H groups in total. The van der Waals surface area contributed by atoms with Gasteiger partial charge in [-0.3, -0.25) is 0 Å². The second-order valence-electron chi connectivity index (χ2n) is 5.00. The van der Waals surface area contributed by atoms with E-state index in [2.05, 4.69) is 5.32 Å². The zero-order chi connectivity index (χ0) is 21.8. The van der Waals surface area contributed by atoms with Crippen LogP contribution in [0.5, 0.6) is 11.5 Å². The third-order valence-electron chi connectivity index (χ3n) is 3.12. The van der Waals surface area contributed by atoms with Gasteiger partial charge in [0.05, 0.1) is 11.3 Å². The molecule has 0 radical (unpaired) electrons. The van der Waals surface area contributed by atoms with Gasteiger partial charge in [-0.1, -0.05) is 31.5 Å². The molecule has 0 fully saturated rings. The summed E-state index contributed by atoms with van der Waals surface area (Å²) in [5.74, 6) is -1.43. The van der Waals surface area contributed by atoms with Crippen LogP contribution in [-0.4, -0.2) is 26.0 Å². The number of primary sulfonamides is 1. The van der Waals surface area contributed by atoms with Crippen LogP contribution in [-0.2, 0) is 10.0 Å². The van der Waals surface area contributed by atoms with Crippen molar-refractivity contribution in [3.8, 4) is 11.5 Å². The van der Waals surface area contributed by atoms with Crippen molar-refractivity contribution in [2.75, 3.05) is 11.8 Å². The molecule has 0 aliphatic heterocycles. The molecule has 0 spiro atoms. The van der Waals surface area contributed by atoms with E-state index in [4.69, 9.17) is 15.4 Å². The Kier molecular flexibility index (Phi) is 4.38. The molecule has 0 bridgehead atoms. The minimum Gasteiger partial charge on any atom is -0.478 e. The maximum Gasteiger partial charge on any atom is 0.335 e. The van der Waals surface area contributed by atoms with Crippen molar-refractivity contribution in [3.05, 3.63) is 48.0 Å². The highest BCUT2D eigenvalue weighted by Crippen LogP contribution is 2.37. The van der Waals surface area contributed by atoms with Gasteiger partial charge >= 0.3 is 5.97 Å². The molecule has 25 heavy (non-hydrogen) atoms. The van der Waals surface area contributed by atoms with E-state index >= 15 is 0 Å². The number of carboxylic acid groups (broad SMARTS) is 1. The molecule has 0 amide bonds. The lowest BCUT2D eigenvalue weighted by atomic mass is 10.1. The maximum atomic E-state index is 12.1. The highest BCUT2D eigenvalue weighted by molar-refractivity contribution is 7.89. The van der Waals surface area contributed by atoms with Crippen LogP contribution in [0, 0.1) is 0 Å². The number of nitrogens with two attached hydrogens (primary N) is 1. The third-order valence-corrected chi connectivity index (χ3v) is 4.03. The highest BCUT2D eigenvalue weighted by Gasteiger charge is 2.23. The molecule has 0 heterocycles. The largest absolute Gasteiger partial charge is 0.478 e. The van der Waals surface area contributed by atoms with Crippen molar-refractivity contribution in [2.45, 2.75) is 24.6 Å². The molecule has 134 valence electrons. The Hall–Kier alpha value is -2.58. The quantitative estimate of drug-likeness (QED) is 0.659. The van der Waals surface area contributed by atoms with E-state index in [9.17, 15) is 18.3 Å². The second-order valence-corrected chi connectivity index (χ2v) is 6.53. The number of carboxylic acids is 1. The number of para-hydroxylation sites is 1. The average molecular weight is 368 g/mol. The molecule has 7 nitrogen and oxygen atoms in total. The summed E-state index contributed by atoms with van der Waals surface area (Å²) in [5, 5.41) is 17.2. The fraction of sp³-hybridized carbons (Fsp3) is 0.235. The van der Waals surface area contributed by atoms with Crippen LogP contribution >= 0.6 is 0 Å². The minimum absolute atomic E-state index is 0.0940. The molecule has 0 aliphatic carbocycles. The first kappa shape index (κ1) is 13.7. The summed E-state index contributed by atoms with van der Waals surface area (Å²) < 4.78 is 59.5. The van der Waals surface area contributed by atoms with Gasteiger partial charge in [0, 0.05) is 12.0 Å². The molecule has 0 aliphatic rings. The van der Waals surface area contributed by atoms with Crippen molar-refractivity contribution in [2.24, 2.45) is 5.14 Å². The summed E-state index contributed by atoms with van der Waals surface area (Å²) >= 11 is 0. The summed E-state index contributed by atoms with van der Waals surface area (Å²) in [6.07, 6.45) is -0.354. The van der Waals surface area contributed by atoms with Crippen LogP contribution in [0.4, 0.5) is 5.69 Å². The van der Waals surface area contributed by atoms with E-state index in [0.717, 1.165) is 12.1 Å². The lowest BCUT2D eigenvalue weighted by Crippen LogP contribution is -2.16. The van der Waals surface area contributed by atoms with Crippen molar-refractivity contribution in [1.29, 1.82) is 0 Å². The molecule has 8 heteroatoms. The van der Waals surface area contributed by atoms with E-state index < -0.39 is 34.3 Å². The normalized spacial score (nSPS) is 15.2. The Labute approximate surface area is 152 Å². The summed E-state index contributed by atoms with van der Waals surface area (Å²) in [7, 11) is -4.38. The van der Waals surface area contributed by atoms with Gasteiger partial charge in [-0.05, 0) is 30.7 Å². The van der Waals surface area contributed by atoms with E-state index in [-0.39, 0.29) is 35.6 Å². The van der Waals surface area contributed by atoms with Crippen molar-refractivity contribution in [3.63, 3.8) is 0 Å². The van der Waals surface area contributed by atoms with E-state index in [1.165, 1.54) is 0 Å². The summed E-state index contributed by atoms with van der Waals surface area (Å²) in [6.45, 7) is -3.40. The van der Waals surface area contributed by atoms with Crippen LogP contribution < -0.4 is 15.2 Å². The van der Waals surface area contributed by atoms with E-state index in [1.54, 1.807) is 30.3 Å². The van der Waals surface area contributed by atoms with Crippen LogP contribution in [0.25, 0.3) is 0 Å². The van der Waals surface area contributed by atoms with Gasteiger partial charge in [0.1, 0.15) is 10.6 Å². The van der Waals surface area contributed by atoms with Crippen LogP contribution in [0.2, 0.25) is 0 Å². The van der Waals surface area contributed by atoms with Crippen molar-refractivity contribution in [1.82, 2.24) is 0 Å². The first-order chi connectivity index (χ1) is 13.4. The van der Waals surface area contributed by atoms with Gasteiger partial charge in [-0.2, -0.15) is 0 Å². The number of sulfonamides is 1. The molecule has 0 aromatic heterocycles. The molecule has 2 aromatic rings. The number of carbonyl (C=O) groups is 1. The molecule has 0 saturated heterocycles. The van der Waals surface area contributed by atoms with Crippen molar-refractivity contribution >= 4 is 21.7 Å². The van der Waals surface area contributed by atoms with Gasteiger partial charge in [-0.25, -0.2) is 18.4 Å². The number of benzene rings is 2. The molecule has 1 unspecified atom stereocenters. The Morgan fingerprint density at radius 3 is 2.68 bits per heavy atom. The minimum atomic E-state index is -4.38. The Morgan fingerprint density at radius 1 is 1.36 bits per heavy atom. The lowest BCUT2D eigenvalue weighted by molar-refractivity contribution is 0.0696. The molecular weight excluding hydrogens is 344 g/mol. The molecule has 2 rings (SSSR count). The Morgan fingerprint density at radius 2 is 2.08 bits per heavy atom. The lowest BCUT2D eigenvalue weighted by Gasteiger charge is -2.17. The number of aromatic carboxylic acids is 1. The van der Waals surface area contributed by atoms with Crippen molar-refractivity contribution < 1.29 is 28.5 Å². The zero-order valence-corrected chi connectivity index (χ0v) is 13.9. The fourth-order valence-corrected chi connectivity index (χ4v) is 2.71. The van der Waals surface area contributed by atoms with Crippen LogP contribution in [0.3, 0.4) is 0 Å². The van der Waals surface area contributed by atoms with Crippen LogP contribution in [0.15, 0.2) is 47.4 Å². The van der Waals surface area contributed by atoms with E-state index in [1.807, 2.05) is 0 Å². The average Bonchev–Trinajstić information content (AvgIpc) is 2.60. The molecule has 1 atom stereocenters. The molecule has 2 aromatic carbocycles. The number of rotatable bonds is 8. The number of hydrogen-bond acceptors (Lipinski definition) is 5. The highest BCUT2D eigenvalue weighted by atomic mass is 32.2. The van der Waals surface area contributed by atoms with Gasteiger partial charge in [0.15, 0.2) is 5.75 Å². The Bertz CT molecular complexity index is 981. The predicted octanol–water partition coefficient (Wildman–Crippen LogP) is 3.04. The second kappa shape index (κ2) is 8.00. The first-order valence-electron chi connectivity index (χ1n) is 9.30. The molecular formula is C17H20N2O5S. The van der Waals surface area contributed by atoms with Gasteiger partial charge in [0.2, 0.25) is 10.0 Å². The Balaban J connectivity index is 2.52. The van der Waals surface area contributed by atoms with Crippen LogP contribution in [0.1, 0.15) is 35.5 Å². The summed E-state index contributed by atoms with van der Waals surface area (Å²) in [6, 6.07) is 10.1. The third kappa shape index (κ3) is 4.94. The zero-order valence-electron chi connectivity index (χ0n) is 17.1. The van der Waals surface area contributed by atoms with Gasteiger partial charge < -0.3 is 15.2 Å². The molecule has 0 saturated carbocycles.